The van der Waals surface area contributed by atoms with Crippen LogP contribution in [0.1, 0.15) is 19.7 Å². The van der Waals surface area contributed by atoms with Gasteiger partial charge in [0.15, 0.2) is 5.82 Å². The molecule has 0 aliphatic heterocycles. The molecule has 0 radical (unpaired) electrons. The van der Waals surface area contributed by atoms with E-state index in [1.807, 2.05) is 13.8 Å². The lowest BCUT2D eigenvalue weighted by Gasteiger charge is -1.92. The zero-order valence-electron chi connectivity index (χ0n) is 6.75. The van der Waals surface area contributed by atoms with Gasteiger partial charge in [-0.2, -0.15) is 14.9 Å². The van der Waals surface area contributed by atoms with Crippen LogP contribution in [-0.2, 0) is 0 Å². The van der Waals surface area contributed by atoms with E-state index in [4.69, 9.17) is 0 Å². The van der Waals surface area contributed by atoms with Crippen molar-refractivity contribution in [2.45, 2.75) is 20.8 Å². The molecule has 1 rings (SSSR count). The summed E-state index contributed by atoms with van der Waals surface area (Å²) in [7, 11) is 0. The highest BCUT2D eigenvalue weighted by Crippen LogP contribution is 1.86. The molecular formula is C6H10N4O. The molecule has 11 heavy (non-hydrogen) atoms. The molecule has 0 unspecified atom stereocenters. The van der Waals surface area contributed by atoms with Crippen LogP contribution in [0.15, 0.2) is 9.90 Å². The molecule has 60 valence electrons. The zero-order valence-corrected chi connectivity index (χ0v) is 6.75. The van der Waals surface area contributed by atoms with Crippen molar-refractivity contribution in [1.82, 2.24) is 14.9 Å². The lowest BCUT2D eigenvalue weighted by atomic mass is 10.5. The topological polar surface area (TPSA) is 63.0 Å². The predicted molar refractivity (Wildman–Crippen MR) is 41.8 cm³/mol. The lowest BCUT2D eigenvalue weighted by Crippen LogP contribution is -2.14. The fraction of sp³-hybridized carbons (Fsp3) is 0.500. The van der Waals surface area contributed by atoms with Gasteiger partial charge in [-0.25, -0.2) is 9.89 Å². The second-order valence-electron chi connectivity index (χ2n) is 2.43. The molecule has 0 aliphatic carbocycles. The van der Waals surface area contributed by atoms with Crippen LogP contribution >= 0.6 is 0 Å². The van der Waals surface area contributed by atoms with Crippen molar-refractivity contribution >= 4 is 5.71 Å². The largest absolute Gasteiger partial charge is 0.364 e. The highest BCUT2D eigenvalue weighted by Gasteiger charge is 1.99. The standard InChI is InChI=1S/C6H10N4O/c1-4(2)9-10-5(3)7-8-6(10)11/h1-3H3,(H,8,11). The zero-order chi connectivity index (χ0) is 8.43. The first kappa shape index (κ1) is 7.71. The number of nitrogens with one attached hydrogen (secondary N) is 1. The van der Waals surface area contributed by atoms with E-state index in [0.717, 1.165) is 5.71 Å². The summed E-state index contributed by atoms with van der Waals surface area (Å²) in [6, 6.07) is 0. The van der Waals surface area contributed by atoms with Crippen molar-refractivity contribution in [3.8, 4) is 0 Å². The Kier molecular flexibility index (Phi) is 1.89. The van der Waals surface area contributed by atoms with Gasteiger partial charge in [0, 0.05) is 5.71 Å². The van der Waals surface area contributed by atoms with Gasteiger partial charge in [0.05, 0.1) is 0 Å². The van der Waals surface area contributed by atoms with Crippen molar-refractivity contribution in [3.05, 3.63) is 16.3 Å². The number of aryl methyl sites for hydroxylation is 1. The van der Waals surface area contributed by atoms with E-state index >= 15 is 0 Å². The normalized spacial score (nSPS) is 9.73. The Morgan fingerprint density at radius 1 is 1.64 bits per heavy atom. The van der Waals surface area contributed by atoms with E-state index in [0.29, 0.717) is 5.82 Å². The van der Waals surface area contributed by atoms with E-state index in [1.165, 1.54) is 4.68 Å². The number of hydrogen-bond donors (Lipinski definition) is 1. The van der Waals surface area contributed by atoms with Crippen LogP contribution in [0.25, 0.3) is 0 Å². The number of H-pyrrole nitrogens is 1. The van der Waals surface area contributed by atoms with E-state index in [1.54, 1.807) is 6.92 Å². The second kappa shape index (κ2) is 2.69. The average molecular weight is 154 g/mol. The van der Waals surface area contributed by atoms with E-state index in [-0.39, 0.29) is 5.69 Å². The monoisotopic (exact) mass is 154 g/mol. The van der Waals surface area contributed by atoms with Crippen LogP contribution < -0.4 is 5.69 Å². The van der Waals surface area contributed by atoms with Crippen LogP contribution in [0.2, 0.25) is 0 Å². The minimum Gasteiger partial charge on any atom is -0.244 e. The van der Waals surface area contributed by atoms with Gasteiger partial charge in [-0.3, -0.25) is 0 Å². The van der Waals surface area contributed by atoms with Gasteiger partial charge in [-0.05, 0) is 20.8 Å². The van der Waals surface area contributed by atoms with Crippen LogP contribution in [0, 0.1) is 6.92 Å². The molecule has 1 aromatic heterocycles. The summed E-state index contributed by atoms with van der Waals surface area (Å²) in [6.07, 6.45) is 0. The number of aromatic amines is 1. The van der Waals surface area contributed by atoms with Crippen molar-refractivity contribution < 1.29 is 0 Å². The molecule has 1 aromatic rings. The van der Waals surface area contributed by atoms with Gasteiger partial charge in [0.1, 0.15) is 0 Å². The third-order valence-corrected chi connectivity index (χ3v) is 1.11. The molecule has 0 atom stereocenters. The van der Waals surface area contributed by atoms with Crippen LogP contribution in [0.4, 0.5) is 0 Å². The Morgan fingerprint density at radius 2 is 2.27 bits per heavy atom. The van der Waals surface area contributed by atoms with E-state index in [9.17, 15) is 4.79 Å². The summed E-state index contributed by atoms with van der Waals surface area (Å²) in [5, 5.41) is 9.93. The molecule has 0 aromatic carbocycles. The van der Waals surface area contributed by atoms with Gasteiger partial charge < -0.3 is 0 Å². The molecule has 0 bridgehead atoms. The minimum atomic E-state index is -0.302. The quantitative estimate of drug-likeness (QED) is 0.584. The predicted octanol–water partition coefficient (Wildman–Crippen LogP) is 0.124. The second-order valence-corrected chi connectivity index (χ2v) is 2.43. The molecule has 1 N–H and O–H groups in total. The maximum atomic E-state index is 10.9. The van der Waals surface area contributed by atoms with Crippen LogP contribution in [-0.4, -0.2) is 20.6 Å². The molecule has 0 saturated heterocycles. The fourth-order valence-electron chi connectivity index (χ4n) is 0.688. The Morgan fingerprint density at radius 3 is 2.64 bits per heavy atom. The molecule has 0 fully saturated rings. The maximum Gasteiger partial charge on any atom is 0.364 e. The highest BCUT2D eigenvalue weighted by atomic mass is 16.2. The van der Waals surface area contributed by atoms with Crippen LogP contribution in [0.3, 0.4) is 0 Å². The molecule has 0 saturated carbocycles. The number of hydrogen-bond acceptors (Lipinski definition) is 3. The van der Waals surface area contributed by atoms with Gasteiger partial charge in [0.25, 0.3) is 0 Å². The first-order valence-corrected chi connectivity index (χ1v) is 3.27. The number of nitrogens with zero attached hydrogens (tertiary/aromatic N) is 3. The Balaban J connectivity index is 3.22. The first-order chi connectivity index (χ1) is 5.11. The fourth-order valence-corrected chi connectivity index (χ4v) is 0.688. The van der Waals surface area contributed by atoms with E-state index < -0.39 is 0 Å². The highest BCUT2D eigenvalue weighted by molar-refractivity contribution is 5.78. The van der Waals surface area contributed by atoms with Gasteiger partial charge >= 0.3 is 5.69 Å². The molecule has 5 heteroatoms. The third kappa shape index (κ3) is 1.54. The summed E-state index contributed by atoms with van der Waals surface area (Å²) < 4.78 is 1.23. The number of aromatic nitrogens is 3. The summed E-state index contributed by atoms with van der Waals surface area (Å²) in [4.78, 5) is 10.9. The average Bonchev–Trinajstić information content (AvgIpc) is 2.18. The molecular weight excluding hydrogens is 144 g/mol. The lowest BCUT2D eigenvalue weighted by molar-refractivity contribution is 0.793. The number of rotatable bonds is 1. The van der Waals surface area contributed by atoms with Crippen molar-refractivity contribution in [2.24, 2.45) is 5.10 Å². The van der Waals surface area contributed by atoms with E-state index in [2.05, 4.69) is 15.3 Å². The summed E-state index contributed by atoms with van der Waals surface area (Å²) in [5.41, 5.74) is 0.514. The molecule has 0 amide bonds. The Labute approximate surface area is 63.7 Å². The molecule has 0 spiro atoms. The summed E-state index contributed by atoms with van der Waals surface area (Å²) in [5.74, 6) is 0.566. The Bertz CT molecular complexity index is 329. The van der Waals surface area contributed by atoms with Gasteiger partial charge in [-0.1, -0.05) is 0 Å². The first-order valence-electron chi connectivity index (χ1n) is 3.27. The van der Waals surface area contributed by atoms with Crippen molar-refractivity contribution in [3.63, 3.8) is 0 Å². The SMILES string of the molecule is CC(C)=Nn1c(C)n[nH]c1=O. The molecule has 1 heterocycles. The van der Waals surface area contributed by atoms with Gasteiger partial charge in [0.2, 0.25) is 0 Å². The molecule has 0 aliphatic rings. The molecule has 5 nitrogen and oxygen atoms in total. The van der Waals surface area contributed by atoms with Gasteiger partial charge in [-0.15, -0.1) is 0 Å². The van der Waals surface area contributed by atoms with Crippen molar-refractivity contribution in [2.75, 3.05) is 0 Å². The Hall–Kier alpha value is -1.39. The van der Waals surface area contributed by atoms with Crippen molar-refractivity contribution in [1.29, 1.82) is 0 Å². The van der Waals surface area contributed by atoms with Crippen LogP contribution in [0.5, 0.6) is 0 Å². The smallest absolute Gasteiger partial charge is 0.244 e. The summed E-state index contributed by atoms with van der Waals surface area (Å²) in [6.45, 7) is 5.35. The maximum absolute atomic E-state index is 10.9. The third-order valence-electron chi connectivity index (χ3n) is 1.11. The summed E-state index contributed by atoms with van der Waals surface area (Å²) >= 11 is 0. The minimum absolute atomic E-state index is 0.302.